The summed E-state index contributed by atoms with van der Waals surface area (Å²) in [5.74, 6) is -1.08. The van der Waals surface area contributed by atoms with Gasteiger partial charge in [-0.3, -0.25) is 4.79 Å². The van der Waals surface area contributed by atoms with Gasteiger partial charge in [0.1, 0.15) is 12.4 Å². The summed E-state index contributed by atoms with van der Waals surface area (Å²) in [6.45, 7) is 0.412. The lowest BCUT2D eigenvalue weighted by Crippen LogP contribution is -2.39. The highest BCUT2D eigenvalue weighted by atomic mass is 19.1. The van der Waals surface area contributed by atoms with E-state index in [1.807, 2.05) is 0 Å². The number of cyclic esters (lactones) is 1. The Kier molecular flexibility index (Phi) is 3.22. The molecule has 1 aliphatic rings. The van der Waals surface area contributed by atoms with E-state index in [1.165, 1.54) is 18.2 Å². The second-order valence-corrected chi connectivity index (χ2v) is 3.63. The Bertz CT molecular complexity index is 450. The third-order valence-corrected chi connectivity index (χ3v) is 2.37. The highest BCUT2D eigenvalue weighted by molar-refractivity contribution is 5.94. The van der Waals surface area contributed by atoms with E-state index < -0.39 is 17.8 Å². The quantitative estimate of drug-likeness (QED) is 0.813. The number of benzene rings is 1. The molecule has 0 aliphatic carbocycles. The summed E-state index contributed by atoms with van der Waals surface area (Å²) in [4.78, 5) is 22.3. The fraction of sp³-hybridized carbons (Fsp3) is 0.273. The van der Waals surface area contributed by atoms with Crippen molar-refractivity contribution in [2.75, 3.05) is 13.2 Å². The van der Waals surface area contributed by atoms with Crippen molar-refractivity contribution >= 4 is 12.0 Å². The molecule has 0 spiro atoms. The summed E-state index contributed by atoms with van der Waals surface area (Å²) in [5.41, 5.74) is -0.0160. The van der Waals surface area contributed by atoms with Crippen molar-refractivity contribution < 1.29 is 18.7 Å². The van der Waals surface area contributed by atoms with Crippen LogP contribution in [0, 0.1) is 5.82 Å². The lowest BCUT2D eigenvalue weighted by molar-refractivity contribution is 0.0945. The van der Waals surface area contributed by atoms with Crippen molar-refractivity contribution in [2.45, 2.75) is 6.04 Å². The van der Waals surface area contributed by atoms with E-state index in [4.69, 9.17) is 0 Å². The van der Waals surface area contributed by atoms with Gasteiger partial charge in [-0.1, -0.05) is 12.1 Å². The first kappa shape index (κ1) is 11.4. The molecule has 1 saturated heterocycles. The van der Waals surface area contributed by atoms with Gasteiger partial charge in [0.2, 0.25) is 0 Å². The van der Waals surface area contributed by atoms with Crippen molar-refractivity contribution in [3.63, 3.8) is 0 Å². The largest absolute Gasteiger partial charge is 0.447 e. The number of amides is 2. The van der Waals surface area contributed by atoms with Crippen LogP contribution in [0.1, 0.15) is 10.4 Å². The highest BCUT2D eigenvalue weighted by Crippen LogP contribution is 2.06. The van der Waals surface area contributed by atoms with Crippen LogP contribution in [0.15, 0.2) is 24.3 Å². The normalized spacial score (nSPS) is 18.4. The van der Waals surface area contributed by atoms with E-state index in [2.05, 4.69) is 15.4 Å². The first-order valence-corrected chi connectivity index (χ1v) is 5.13. The second kappa shape index (κ2) is 4.82. The summed E-state index contributed by atoms with van der Waals surface area (Å²) in [6.07, 6.45) is -0.504. The third-order valence-electron chi connectivity index (χ3n) is 2.37. The van der Waals surface area contributed by atoms with Gasteiger partial charge < -0.3 is 15.4 Å². The van der Waals surface area contributed by atoms with Crippen LogP contribution >= 0.6 is 0 Å². The fourth-order valence-corrected chi connectivity index (χ4v) is 1.49. The molecule has 0 radical (unpaired) electrons. The Morgan fingerprint density at radius 2 is 2.29 bits per heavy atom. The Hall–Kier alpha value is -2.11. The van der Waals surface area contributed by atoms with E-state index in [-0.39, 0.29) is 24.8 Å². The van der Waals surface area contributed by atoms with Gasteiger partial charge in [0.05, 0.1) is 11.6 Å². The lowest BCUT2D eigenvalue weighted by Gasteiger charge is -2.09. The van der Waals surface area contributed by atoms with Gasteiger partial charge >= 0.3 is 6.09 Å². The number of ether oxygens (including phenoxy) is 1. The summed E-state index contributed by atoms with van der Waals surface area (Å²) < 4.78 is 17.9. The van der Waals surface area contributed by atoms with Gasteiger partial charge in [0.25, 0.3) is 5.91 Å². The van der Waals surface area contributed by atoms with Gasteiger partial charge in [0, 0.05) is 6.54 Å². The van der Waals surface area contributed by atoms with Gasteiger partial charge in [-0.2, -0.15) is 0 Å². The molecule has 0 bridgehead atoms. The molecule has 0 saturated carbocycles. The van der Waals surface area contributed by atoms with Crippen LogP contribution in [0.4, 0.5) is 9.18 Å². The second-order valence-electron chi connectivity index (χ2n) is 3.63. The molecule has 6 heteroatoms. The number of rotatable bonds is 3. The number of nitrogens with one attached hydrogen (secondary N) is 2. The molecular formula is C11H11FN2O3. The van der Waals surface area contributed by atoms with Crippen molar-refractivity contribution in [3.05, 3.63) is 35.6 Å². The molecule has 90 valence electrons. The Morgan fingerprint density at radius 3 is 2.94 bits per heavy atom. The molecule has 5 nitrogen and oxygen atoms in total. The molecule has 1 aromatic carbocycles. The van der Waals surface area contributed by atoms with Crippen LogP contribution in [0.3, 0.4) is 0 Å². The van der Waals surface area contributed by atoms with E-state index in [0.29, 0.717) is 0 Å². The van der Waals surface area contributed by atoms with Crippen molar-refractivity contribution in [2.24, 2.45) is 0 Å². The average molecular weight is 238 g/mol. The van der Waals surface area contributed by atoms with Crippen LogP contribution in [0.25, 0.3) is 0 Å². The van der Waals surface area contributed by atoms with Crippen molar-refractivity contribution in [3.8, 4) is 0 Å². The van der Waals surface area contributed by atoms with Gasteiger partial charge in [0.15, 0.2) is 0 Å². The molecule has 1 heterocycles. The molecular weight excluding hydrogens is 227 g/mol. The van der Waals surface area contributed by atoms with Crippen molar-refractivity contribution in [1.82, 2.24) is 10.6 Å². The van der Waals surface area contributed by atoms with Crippen LogP contribution in [0.2, 0.25) is 0 Å². The number of carbonyl (C=O) groups is 2. The smallest absolute Gasteiger partial charge is 0.407 e. The minimum absolute atomic E-state index is 0.0160. The van der Waals surface area contributed by atoms with E-state index in [0.717, 1.165) is 0 Å². The predicted molar refractivity (Wildman–Crippen MR) is 57.0 cm³/mol. The molecule has 1 atom stereocenters. The van der Waals surface area contributed by atoms with E-state index >= 15 is 0 Å². The molecule has 2 amide bonds. The summed E-state index contributed by atoms with van der Waals surface area (Å²) >= 11 is 0. The summed E-state index contributed by atoms with van der Waals surface area (Å²) in [6, 6.07) is 5.44. The minimum atomic E-state index is -0.572. The number of alkyl carbamates (subject to hydrolysis) is 1. The fourth-order valence-electron chi connectivity index (χ4n) is 1.49. The zero-order valence-corrected chi connectivity index (χ0v) is 8.90. The Labute approximate surface area is 97.0 Å². The SMILES string of the molecule is O=C1N[C@H](CNC(=O)c2ccccc2F)CO1. The molecule has 2 N–H and O–H groups in total. The van der Waals surface area contributed by atoms with Gasteiger partial charge in [-0.05, 0) is 12.1 Å². The number of hydrogen-bond acceptors (Lipinski definition) is 3. The lowest BCUT2D eigenvalue weighted by atomic mass is 10.2. The summed E-state index contributed by atoms with van der Waals surface area (Å²) in [5, 5.41) is 5.03. The van der Waals surface area contributed by atoms with Crippen molar-refractivity contribution in [1.29, 1.82) is 0 Å². The molecule has 0 unspecified atom stereocenters. The molecule has 17 heavy (non-hydrogen) atoms. The van der Waals surface area contributed by atoms with E-state index in [9.17, 15) is 14.0 Å². The monoisotopic (exact) mass is 238 g/mol. The Morgan fingerprint density at radius 1 is 1.53 bits per heavy atom. The standard InChI is InChI=1S/C11H11FN2O3/c12-9-4-2-1-3-8(9)10(15)13-5-7-6-17-11(16)14-7/h1-4,7H,5-6H2,(H,13,15)(H,14,16)/t7-/m1/s1. The first-order valence-electron chi connectivity index (χ1n) is 5.13. The predicted octanol–water partition coefficient (Wildman–Crippen LogP) is 0.664. The maximum Gasteiger partial charge on any atom is 0.407 e. The zero-order chi connectivity index (χ0) is 12.3. The van der Waals surface area contributed by atoms with Crippen LogP contribution < -0.4 is 10.6 Å². The molecule has 1 aliphatic heterocycles. The first-order chi connectivity index (χ1) is 8.16. The van der Waals surface area contributed by atoms with Gasteiger partial charge in [-0.15, -0.1) is 0 Å². The zero-order valence-electron chi connectivity index (χ0n) is 8.90. The molecule has 0 aromatic heterocycles. The molecule has 2 rings (SSSR count). The van der Waals surface area contributed by atoms with Gasteiger partial charge in [-0.25, -0.2) is 9.18 Å². The average Bonchev–Trinajstić information content (AvgIpc) is 2.73. The van der Waals surface area contributed by atoms with Crippen LogP contribution in [-0.4, -0.2) is 31.2 Å². The molecule has 1 fully saturated rings. The maximum atomic E-state index is 13.2. The minimum Gasteiger partial charge on any atom is -0.447 e. The summed E-state index contributed by atoms with van der Waals surface area (Å²) in [7, 11) is 0. The van der Waals surface area contributed by atoms with Crippen LogP contribution in [0.5, 0.6) is 0 Å². The number of hydrogen-bond donors (Lipinski definition) is 2. The maximum absolute atomic E-state index is 13.2. The van der Waals surface area contributed by atoms with E-state index in [1.54, 1.807) is 6.07 Å². The molecule has 1 aromatic rings. The van der Waals surface area contributed by atoms with Crippen LogP contribution in [-0.2, 0) is 4.74 Å². The topological polar surface area (TPSA) is 67.4 Å². The Balaban J connectivity index is 1.90. The number of halogens is 1. The number of carbonyl (C=O) groups excluding carboxylic acids is 2. The third kappa shape index (κ3) is 2.72. The highest BCUT2D eigenvalue weighted by Gasteiger charge is 2.22.